The first kappa shape index (κ1) is 13.1. The van der Waals surface area contributed by atoms with Crippen molar-refractivity contribution in [1.29, 1.82) is 0 Å². The lowest BCUT2D eigenvalue weighted by Gasteiger charge is -2.26. The molecule has 0 fully saturated rings. The minimum Gasteiger partial charge on any atom is -0.387 e. The van der Waals surface area contributed by atoms with Crippen LogP contribution in [-0.2, 0) is 0 Å². The van der Waals surface area contributed by atoms with Crippen LogP contribution >= 0.6 is 31.9 Å². The number of aliphatic hydroxyl groups excluding tert-OH is 1. The van der Waals surface area contributed by atoms with E-state index in [0.717, 1.165) is 25.6 Å². The molecule has 3 heteroatoms. The monoisotopic (exact) mass is 378 g/mol. The Kier molecular flexibility index (Phi) is 3.61. The lowest BCUT2D eigenvalue weighted by atomic mass is 9.83. The zero-order valence-corrected chi connectivity index (χ0v) is 13.2. The van der Waals surface area contributed by atoms with Gasteiger partial charge in [0, 0.05) is 14.9 Å². The maximum Gasteiger partial charge on any atom is 0.0899 e. The van der Waals surface area contributed by atoms with E-state index in [1.165, 1.54) is 0 Å². The van der Waals surface area contributed by atoms with Gasteiger partial charge in [-0.3, -0.25) is 0 Å². The Labute approximate surface area is 129 Å². The number of halogens is 2. The second-order valence-corrected chi connectivity index (χ2v) is 6.34. The van der Waals surface area contributed by atoms with Gasteiger partial charge in [-0.15, -0.1) is 0 Å². The molecule has 0 saturated carbocycles. The fourth-order valence-electron chi connectivity index (χ4n) is 2.45. The zero-order chi connectivity index (χ0) is 13.4. The smallest absolute Gasteiger partial charge is 0.0899 e. The van der Waals surface area contributed by atoms with Crippen LogP contribution in [-0.4, -0.2) is 5.11 Å². The maximum absolute atomic E-state index is 10.6. The quantitative estimate of drug-likeness (QED) is 0.734. The standard InChI is InChI=1S/C16H12Br2O/c17-14-8-11-6-7-12(10-4-2-1-3-5-10)16(19)13(11)9-15(14)18/h1-9,12,16,19H/t12-,16+/m0/s1. The summed E-state index contributed by atoms with van der Waals surface area (Å²) >= 11 is 6.99. The first-order valence-electron chi connectivity index (χ1n) is 6.07. The fourth-order valence-corrected chi connectivity index (χ4v) is 3.17. The highest BCUT2D eigenvalue weighted by molar-refractivity contribution is 9.13. The normalized spacial score (nSPS) is 21.2. The zero-order valence-electron chi connectivity index (χ0n) is 10.1. The van der Waals surface area contributed by atoms with Gasteiger partial charge in [0.2, 0.25) is 0 Å². The Bertz CT molecular complexity index is 635. The van der Waals surface area contributed by atoms with Gasteiger partial charge < -0.3 is 5.11 Å². The summed E-state index contributed by atoms with van der Waals surface area (Å²) in [6, 6.07) is 14.1. The van der Waals surface area contributed by atoms with Crippen molar-refractivity contribution in [3.8, 4) is 0 Å². The van der Waals surface area contributed by atoms with E-state index in [9.17, 15) is 5.11 Å². The predicted molar refractivity (Wildman–Crippen MR) is 85.0 cm³/mol. The third-order valence-corrected chi connectivity index (χ3v) is 5.30. The highest BCUT2D eigenvalue weighted by atomic mass is 79.9. The van der Waals surface area contributed by atoms with Crippen molar-refractivity contribution in [2.45, 2.75) is 12.0 Å². The van der Waals surface area contributed by atoms with Gasteiger partial charge in [0.05, 0.1) is 6.10 Å². The molecule has 1 aliphatic carbocycles. The third-order valence-electron chi connectivity index (χ3n) is 3.45. The lowest BCUT2D eigenvalue weighted by molar-refractivity contribution is 0.160. The van der Waals surface area contributed by atoms with Crippen molar-refractivity contribution in [2.24, 2.45) is 0 Å². The number of rotatable bonds is 1. The molecule has 0 bridgehead atoms. The molecule has 0 spiro atoms. The van der Waals surface area contributed by atoms with E-state index in [2.05, 4.69) is 56.1 Å². The van der Waals surface area contributed by atoms with Gasteiger partial charge in [-0.2, -0.15) is 0 Å². The average Bonchev–Trinajstić information content (AvgIpc) is 2.42. The van der Waals surface area contributed by atoms with Crippen LogP contribution in [0.1, 0.15) is 28.7 Å². The highest BCUT2D eigenvalue weighted by Crippen LogP contribution is 2.41. The summed E-state index contributed by atoms with van der Waals surface area (Å²) in [4.78, 5) is 0. The molecule has 3 rings (SSSR count). The summed E-state index contributed by atoms with van der Waals surface area (Å²) in [5.41, 5.74) is 3.16. The van der Waals surface area contributed by atoms with Crippen LogP contribution in [0.25, 0.3) is 6.08 Å². The SMILES string of the molecule is O[C@H]1c2cc(Br)c(Br)cc2C=C[C@H]1c1ccccc1. The van der Waals surface area contributed by atoms with E-state index in [1.54, 1.807) is 0 Å². The van der Waals surface area contributed by atoms with Crippen LogP contribution in [0.15, 0.2) is 57.5 Å². The van der Waals surface area contributed by atoms with E-state index in [4.69, 9.17) is 0 Å². The second kappa shape index (κ2) is 5.23. The first-order chi connectivity index (χ1) is 9.16. The van der Waals surface area contributed by atoms with E-state index in [0.29, 0.717) is 0 Å². The molecular formula is C16H12Br2O. The fraction of sp³-hybridized carbons (Fsp3) is 0.125. The van der Waals surface area contributed by atoms with Crippen molar-refractivity contribution >= 4 is 37.9 Å². The van der Waals surface area contributed by atoms with Gasteiger partial charge in [-0.1, -0.05) is 42.5 Å². The van der Waals surface area contributed by atoms with Crippen LogP contribution in [0, 0.1) is 0 Å². The molecule has 96 valence electrons. The number of benzene rings is 2. The Morgan fingerprint density at radius 3 is 2.37 bits per heavy atom. The Balaban J connectivity index is 2.05. The molecule has 0 radical (unpaired) electrons. The summed E-state index contributed by atoms with van der Waals surface area (Å²) in [6.45, 7) is 0. The Morgan fingerprint density at radius 1 is 0.947 bits per heavy atom. The maximum atomic E-state index is 10.6. The van der Waals surface area contributed by atoms with Crippen molar-refractivity contribution in [2.75, 3.05) is 0 Å². The number of fused-ring (bicyclic) bond motifs is 1. The van der Waals surface area contributed by atoms with Gasteiger partial charge in [-0.05, 0) is 60.7 Å². The molecule has 0 unspecified atom stereocenters. The van der Waals surface area contributed by atoms with Crippen molar-refractivity contribution in [3.05, 3.63) is 74.2 Å². The molecule has 2 atom stereocenters. The topological polar surface area (TPSA) is 20.2 Å². The van der Waals surface area contributed by atoms with Crippen LogP contribution in [0.3, 0.4) is 0 Å². The van der Waals surface area contributed by atoms with Gasteiger partial charge >= 0.3 is 0 Å². The van der Waals surface area contributed by atoms with Crippen LogP contribution in [0.5, 0.6) is 0 Å². The summed E-state index contributed by atoms with van der Waals surface area (Å²) in [7, 11) is 0. The Hall–Kier alpha value is -0.900. The van der Waals surface area contributed by atoms with Gasteiger partial charge in [0.15, 0.2) is 0 Å². The average molecular weight is 380 g/mol. The molecule has 1 N–H and O–H groups in total. The summed E-state index contributed by atoms with van der Waals surface area (Å²) < 4.78 is 1.97. The van der Waals surface area contributed by atoms with Crippen LogP contribution in [0.4, 0.5) is 0 Å². The molecule has 0 aromatic heterocycles. The van der Waals surface area contributed by atoms with E-state index < -0.39 is 6.10 Å². The molecule has 0 aliphatic heterocycles. The molecule has 1 nitrogen and oxygen atoms in total. The van der Waals surface area contributed by atoms with Crippen molar-refractivity contribution in [3.63, 3.8) is 0 Å². The lowest BCUT2D eigenvalue weighted by Crippen LogP contribution is -2.13. The Morgan fingerprint density at radius 2 is 1.63 bits per heavy atom. The molecule has 2 aromatic rings. The van der Waals surface area contributed by atoms with Gasteiger partial charge in [0.1, 0.15) is 0 Å². The second-order valence-electron chi connectivity index (χ2n) is 4.64. The third kappa shape index (κ3) is 2.42. The number of aliphatic hydroxyl groups is 1. The van der Waals surface area contributed by atoms with E-state index >= 15 is 0 Å². The van der Waals surface area contributed by atoms with Crippen LogP contribution < -0.4 is 0 Å². The number of hydrogen-bond acceptors (Lipinski definition) is 1. The molecular weight excluding hydrogens is 368 g/mol. The minimum atomic E-state index is -0.508. The van der Waals surface area contributed by atoms with Crippen molar-refractivity contribution < 1.29 is 5.11 Å². The molecule has 0 amide bonds. The molecule has 0 saturated heterocycles. The molecule has 2 aromatic carbocycles. The molecule has 0 heterocycles. The summed E-state index contributed by atoms with van der Waals surface area (Å²) in [6.07, 6.45) is 3.64. The van der Waals surface area contributed by atoms with Crippen molar-refractivity contribution in [1.82, 2.24) is 0 Å². The first-order valence-corrected chi connectivity index (χ1v) is 7.65. The van der Waals surface area contributed by atoms with E-state index in [1.807, 2.05) is 30.3 Å². The predicted octanol–water partition coefficient (Wildman–Crippen LogP) is 5.06. The molecule has 1 aliphatic rings. The van der Waals surface area contributed by atoms with Gasteiger partial charge in [0.25, 0.3) is 0 Å². The minimum absolute atomic E-state index is 0.0155. The van der Waals surface area contributed by atoms with Crippen LogP contribution in [0.2, 0.25) is 0 Å². The van der Waals surface area contributed by atoms with Gasteiger partial charge in [-0.25, -0.2) is 0 Å². The highest BCUT2D eigenvalue weighted by Gasteiger charge is 2.26. The molecule has 19 heavy (non-hydrogen) atoms. The largest absolute Gasteiger partial charge is 0.387 e. The van der Waals surface area contributed by atoms with E-state index in [-0.39, 0.29) is 5.92 Å². The summed E-state index contributed by atoms with van der Waals surface area (Å²) in [5, 5.41) is 10.6. The summed E-state index contributed by atoms with van der Waals surface area (Å²) in [5.74, 6) is 0.0155. The number of hydrogen-bond donors (Lipinski definition) is 1.